The molecule has 0 unspecified atom stereocenters. The topological polar surface area (TPSA) is 32.3 Å². The molecule has 0 aromatic carbocycles. The van der Waals surface area contributed by atoms with Crippen molar-refractivity contribution in [1.29, 1.82) is 0 Å². The third-order valence-corrected chi connectivity index (χ3v) is 2.85. The van der Waals surface area contributed by atoms with Gasteiger partial charge in [-0.1, -0.05) is 20.8 Å². The molecule has 0 saturated heterocycles. The highest BCUT2D eigenvalue weighted by atomic mass is 32.2. The van der Waals surface area contributed by atoms with Crippen LogP contribution in [0.3, 0.4) is 0 Å². The Morgan fingerprint density at radius 3 is 2.47 bits per heavy atom. The van der Waals surface area contributed by atoms with Crippen molar-refractivity contribution < 1.29 is 5.11 Å². The van der Waals surface area contributed by atoms with E-state index in [0.717, 1.165) is 38.1 Å². The maximum absolute atomic E-state index is 9.60. The number of thioether (sulfide) groups is 1. The van der Waals surface area contributed by atoms with Gasteiger partial charge < -0.3 is 10.4 Å². The van der Waals surface area contributed by atoms with Crippen LogP contribution < -0.4 is 5.32 Å². The number of hydrogen-bond acceptors (Lipinski definition) is 3. The summed E-state index contributed by atoms with van der Waals surface area (Å²) in [6.07, 6.45) is 4.91. The fourth-order valence-electron chi connectivity index (χ4n) is 1.32. The number of aliphatic hydroxyl groups excluding tert-OH is 1. The first-order chi connectivity index (χ1) is 6.95. The Hall–Kier alpha value is 0.270. The minimum Gasteiger partial charge on any atom is -0.393 e. The monoisotopic (exact) mass is 233 g/mol. The van der Waals surface area contributed by atoms with Crippen LogP contribution in [0.25, 0.3) is 0 Å². The summed E-state index contributed by atoms with van der Waals surface area (Å²) in [5.41, 5.74) is 0.359. The van der Waals surface area contributed by atoms with E-state index < -0.39 is 0 Å². The molecule has 1 atom stereocenters. The first-order valence-corrected chi connectivity index (χ1v) is 7.23. The molecule has 0 fully saturated rings. The summed E-state index contributed by atoms with van der Waals surface area (Å²) in [6, 6.07) is 0. The van der Waals surface area contributed by atoms with Crippen LogP contribution >= 0.6 is 11.8 Å². The van der Waals surface area contributed by atoms with Gasteiger partial charge in [-0.3, -0.25) is 0 Å². The van der Waals surface area contributed by atoms with E-state index in [2.05, 4.69) is 32.3 Å². The normalized spacial score (nSPS) is 14.2. The summed E-state index contributed by atoms with van der Waals surface area (Å²) in [4.78, 5) is 0. The molecule has 0 rings (SSSR count). The molecule has 0 spiro atoms. The van der Waals surface area contributed by atoms with E-state index in [4.69, 9.17) is 0 Å². The molecular weight excluding hydrogens is 206 g/mol. The standard InChI is InChI=1S/C12H27NOS/c1-12(2,3)10-13-8-5-6-11(14)7-9-15-4/h11,13-14H,5-10H2,1-4H3/t11-/m1/s1. The third-order valence-electron chi connectivity index (χ3n) is 2.20. The zero-order chi connectivity index (χ0) is 11.7. The fraction of sp³-hybridized carbons (Fsp3) is 1.00. The number of rotatable bonds is 8. The zero-order valence-electron chi connectivity index (χ0n) is 10.7. The smallest absolute Gasteiger partial charge is 0.0548 e. The molecule has 0 amide bonds. The Morgan fingerprint density at radius 1 is 1.27 bits per heavy atom. The molecule has 3 heteroatoms. The Balaban J connectivity index is 3.23. The Kier molecular flexibility index (Phi) is 8.58. The number of hydrogen-bond donors (Lipinski definition) is 2. The van der Waals surface area contributed by atoms with Crippen LogP contribution in [0.4, 0.5) is 0 Å². The number of aliphatic hydroxyl groups is 1. The molecular formula is C12H27NOS. The molecule has 0 heterocycles. The van der Waals surface area contributed by atoms with Gasteiger partial charge in [0, 0.05) is 0 Å². The molecule has 92 valence electrons. The zero-order valence-corrected chi connectivity index (χ0v) is 11.5. The maximum atomic E-state index is 9.60. The fourth-order valence-corrected chi connectivity index (χ4v) is 1.83. The predicted octanol–water partition coefficient (Wildman–Crippen LogP) is 2.52. The molecule has 15 heavy (non-hydrogen) atoms. The predicted molar refractivity (Wildman–Crippen MR) is 70.6 cm³/mol. The molecule has 0 aliphatic carbocycles. The van der Waals surface area contributed by atoms with Crippen molar-refractivity contribution >= 4 is 11.8 Å². The molecule has 0 bridgehead atoms. The molecule has 0 aliphatic heterocycles. The Labute approximate surface area is 99.2 Å². The van der Waals surface area contributed by atoms with Crippen molar-refractivity contribution in [3.8, 4) is 0 Å². The Morgan fingerprint density at radius 2 is 1.93 bits per heavy atom. The molecule has 0 radical (unpaired) electrons. The Bertz CT molecular complexity index is 145. The summed E-state index contributed by atoms with van der Waals surface area (Å²) in [7, 11) is 0. The lowest BCUT2D eigenvalue weighted by Crippen LogP contribution is -2.28. The average molecular weight is 233 g/mol. The van der Waals surface area contributed by atoms with Gasteiger partial charge in [0.1, 0.15) is 0 Å². The summed E-state index contributed by atoms with van der Waals surface area (Å²) in [5, 5.41) is 13.0. The van der Waals surface area contributed by atoms with Gasteiger partial charge in [0.25, 0.3) is 0 Å². The van der Waals surface area contributed by atoms with E-state index in [0.29, 0.717) is 5.41 Å². The first kappa shape index (κ1) is 15.3. The van der Waals surface area contributed by atoms with Gasteiger partial charge >= 0.3 is 0 Å². The van der Waals surface area contributed by atoms with Gasteiger partial charge in [0.2, 0.25) is 0 Å². The minimum absolute atomic E-state index is 0.103. The largest absolute Gasteiger partial charge is 0.393 e. The van der Waals surface area contributed by atoms with E-state index in [1.54, 1.807) is 11.8 Å². The number of nitrogens with one attached hydrogen (secondary N) is 1. The highest BCUT2D eigenvalue weighted by Gasteiger charge is 2.08. The van der Waals surface area contributed by atoms with E-state index in [-0.39, 0.29) is 6.10 Å². The molecule has 0 aromatic heterocycles. The highest BCUT2D eigenvalue weighted by Crippen LogP contribution is 2.10. The van der Waals surface area contributed by atoms with Crippen molar-refractivity contribution in [2.75, 3.05) is 25.1 Å². The van der Waals surface area contributed by atoms with Crippen LogP contribution in [-0.4, -0.2) is 36.3 Å². The van der Waals surface area contributed by atoms with Gasteiger partial charge in [0.05, 0.1) is 6.10 Å². The summed E-state index contributed by atoms with van der Waals surface area (Å²) in [5.74, 6) is 1.07. The SMILES string of the molecule is CSCC[C@H](O)CCCNCC(C)(C)C. The summed E-state index contributed by atoms with van der Waals surface area (Å²) in [6.45, 7) is 8.76. The maximum Gasteiger partial charge on any atom is 0.0548 e. The minimum atomic E-state index is -0.103. The van der Waals surface area contributed by atoms with Gasteiger partial charge in [-0.2, -0.15) is 11.8 Å². The van der Waals surface area contributed by atoms with Crippen molar-refractivity contribution in [3.05, 3.63) is 0 Å². The van der Waals surface area contributed by atoms with E-state index in [1.807, 2.05) is 0 Å². The van der Waals surface area contributed by atoms with Crippen LogP contribution in [0.5, 0.6) is 0 Å². The third kappa shape index (κ3) is 12.2. The first-order valence-electron chi connectivity index (χ1n) is 5.83. The lowest BCUT2D eigenvalue weighted by atomic mass is 9.97. The summed E-state index contributed by atoms with van der Waals surface area (Å²) >= 11 is 1.80. The van der Waals surface area contributed by atoms with Crippen molar-refractivity contribution in [3.63, 3.8) is 0 Å². The van der Waals surface area contributed by atoms with Crippen LogP contribution in [0.2, 0.25) is 0 Å². The molecule has 2 N–H and O–H groups in total. The van der Waals surface area contributed by atoms with Gasteiger partial charge in [-0.05, 0) is 49.8 Å². The molecule has 0 saturated carbocycles. The lowest BCUT2D eigenvalue weighted by molar-refractivity contribution is 0.158. The molecule has 0 aliphatic rings. The van der Waals surface area contributed by atoms with Crippen molar-refractivity contribution in [2.45, 2.75) is 46.1 Å². The van der Waals surface area contributed by atoms with Crippen molar-refractivity contribution in [2.24, 2.45) is 5.41 Å². The van der Waals surface area contributed by atoms with Crippen LogP contribution in [-0.2, 0) is 0 Å². The van der Waals surface area contributed by atoms with Crippen LogP contribution in [0.1, 0.15) is 40.0 Å². The van der Waals surface area contributed by atoms with Crippen LogP contribution in [0, 0.1) is 5.41 Å². The molecule has 2 nitrogen and oxygen atoms in total. The highest BCUT2D eigenvalue weighted by molar-refractivity contribution is 7.98. The van der Waals surface area contributed by atoms with E-state index in [9.17, 15) is 5.11 Å². The second-order valence-corrected chi connectivity index (χ2v) is 6.30. The van der Waals surface area contributed by atoms with Gasteiger partial charge in [-0.25, -0.2) is 0 Å². The van der Waals surface area contributed by atoms with Gasteiger partial charge in [0.15, 0.2) is 0 Å². The average Bonchev–Trinajstić information content (AvgIpc) is 2.12. The second kappa shape index (κ2) is 8.43. The molecule has 0 aromatic rings. The van der Waals surface area contributed by atoms with E-state index in [1.165, 1.54) is 0 Å². The van der Waals surface area contributed by atoms with Crippen LogP contribution in [0.15, 0.2) is 0 Å². The quantitative estimate of drug-likeness (QED) is 0.632. The second-order valence-electron chi connectivity index (χ2n) is 5.31. The lowest BCUT2D eigenvalue weighted by Gasteiger charge is -2.19. The summed E-state index contributed by atoms with van der Waals surface area (Å²) < 4.78 is 0. The van der Waals surface area contributed by atoms with Crippen molar-refractivity contribution in [1.82, 2.24) is 5.32 Å². The van der Waals surface area contributed by atoms with E-state index >= 15 is 0 Å². The van der Waals surface area contributed by atoms with Gasteiger partial charge in [-0.15, -0.1) is 0 Å².